The van der Waals surface area contributed by atoms with Crippen molar-refractivity contribution in [3.05, 3.63) is 0 Å². The molecule has 1 aliphatic rings. The number of hydrogen-bond acceptors (Lipinski definition) is 3. The maximum Gasteiger partial charge on any atom is 0.106 e. The summed E-state index contributed by atoms with van der Waals surface area (Å²) in [7, 11) is 2.03. The molecule has 16 heavy (non-hydrogen) atoms. The molecule has 0 aromatic carbocycles. The van der Waals surface area contributed by atoms with Crippen molar-refractivity contribution >= 4 is 6.79 Å². The van der Waals surface area contributed by atoms with Gasteiger partial charge in [-0.3, -0.25) is 4.90 Å². The molecular weight excluding hydrogens is 200 g/mol. The Morgan fingerprint density at radius 2 is 1.75 bits per heavy atom. The molecule has 1 saturated heterocycles. The number of nitrogens with one attached hydrogen (secondary N) is 1. The van der Waals surface area contributed by atoms with Gasteiger partial charge < -0.3 is 10.1 Å². The number of carbonyl (C=O) groups is 1. The van der Waals surface area contributed by atoms with Crippen molar-refractivity contribution in [3.63, 3.8) is 0 Å². The van der Waals surface area contributed by atoms with Crippen LogP contribution < -0.4 is 5.32 Å². The fraction of sp³-hybridized carbons (Fsp3) is 0.923. The average Bonchev–Trinajstić information content (AvgIpc) is 2.84. The number of carbonyl (C=O) groups excluding carboxylic acids is 1. The molecule has 0 amide bonds. The topological polar surface area (TPSA) is 32.3 Å². The van der Waals surface area contributed by atoms with E-state index >= 15 is 0 Å². The molecule has 0 bridgehead atoms. The second-order valence-electron chi connectivity index (χ2n) is 2.98. The molecule has 0 saturated carbocycles. The summed E-state index contributed by atoms with van der Waals surface area (Å²) in [5.74, 6) is 0. The maximum absolute atomic E-state index is 8.00. The molecule has 0 aromatic heterocycles. The summed E-state index contributed by atoms with van der Waals surface area (Å²) in [5, 5.41) is 3.23. The first kappa shape index (κ1) is 20.9. The molecule has 1 fully saturated rings. The Morgan fingerprint density at radius 1 is 1.25 bits per heavy atom. The predicted molar refractivity (Wildman–Crippen MR) is 74.0 cm³/mol. The third-order valence-electron chi connectivity index (χ3n) is 2.35. The lowest BCUT2D eigenvalue weighted by atomic mass is 10.2. The van der Waals surface area contributed by atoms with Gasteiger partial charge in [-0.2, -0.15) is 0 Å². The van der Waals surface area contributed by atoms with Crippen molar-refractivity contribution in [3.8, 4) is 0 Å². The Kier molecular flexibility index (Phi) is 26.2. The van der Waals surface area contributed by atoms with Gasteiger partial charge in [0.2, 0.25) is 0 Å². The van der Waals surface area contributed by atoms with Gasteiger partial charge in [-0.25, -0.2) is 0 Å². The van der Waals surface area contributed by atoms with Gasteiger partial charge in [0.25, 0.3) is 0 Å². The molecule has 100 valence electrons. The normalized spacial score (nSPS) is 18.2. The summed E-state index contributed by atoms with van der Waals surface area (Å²) in [6.45, 7) is 15.9. The number of rotatable bonds is 3. The highest BCUT2D eigenvalue weighted by molar-refractivity contribution is 5.10. The molecule has 1 heterocycles. The van der Waals surface area contributed by atoms with Crippen LogP contribution in [0.15, 0.2) is 0 Å². The summed E-state index contributed by atoms with van der Waals surface area (Å²) in [5.41, 5.74) is 0. The molecule has 1 rings (SSSR count). The van der Waals surface area contributed by atoms with Gasteiger partial charge in [0, 0.05) is 12.6 Å². The minimum absolute atomic E-state index is 0.815. The standard InChI is InChI=1S/C8H18N2.2C2H6.CH2O/c1-3-10-6-4-5-8(10)7-9-2;3*1-2/h8-9H,3-7H2,1-2H3;2*1-2H3;1H2. The van der Waals surface area contributed by atoms with E-state index in [9.17, 15) is 0 Å². The van der Waals surface area contributed by atoms with Crippen molar-refractivity contribution in [2.24, 2.45) is 0 Å². The predicted octanol–water partition coefficient (Wildman–Crippen LogP) is 2.56. The van der Waals surface area contributed by atoms with Gasteiger partial charge in [0.15, 0.2) is 0 Å². The van der Waals surface area contributed by atoms with Gasteiger partial charge in [0.1, 0.15) is 6.79 Å². The van der Waals surface area contributed by atoms with E-state index in [2.05, 4.69) is 17.1 Å². The van der Waals surface area contributed by atoms with Crippen LogP contribution in [-0.2, 0) is 4.79 Å². The average molecular weight is 232 g/mol. The van der Waals surface area contributed by atoms with Crippen molar-refractivity contribution < 1.29 is 4.79 Å². The number of likely N-dealkylation sites (N-methyl/N-ethyl adjacent to an activating group) is 2. The largest absolute Gasteiger partial charge is 0.318 e. The van der Waals surface area contributed by atoms with Crippen LogP contribution in [0.1, 0.15) is 47.5 Å². The van der Waals surface area contributed by atoms with Crippen LogP contribution in [0.2, 0.25) is 0 Å². The molecule has 1 N–H and O–H groups in total. The maximum atomic E-state index is 8.00. The van der Waals surface area contributed by atoms with E-state index in [4.69, 9.17) is 4.79 Å². The van der Waals surface area contributed by atoms with E-state index in [-0.39, 0.29) is 0 Å². The van der Waals surface area contributed by atoms with Crippen molar-refractivity contribution in [1.82, 2.24) is 10.2 Å². The fourth-order valence-corrected chi connectivity index (χ4v) is 1.78. The van der Waals surface area contributed by atoms with Crippen molar-refractivity contribution in [2.45, 2.75) is 53.5 Å². The molecule has 3 nitrogen and oxygen atoms in total. The zero-order chi connectivity index (χ0) is 13.4. The van der Waals surface area contributed by atoms with E-state index in [1.54, 1.807) is 0 Å². The van der Waals surface area contributed by atoms with E-state index in [0.717, 1.165) is 12.6 Å². The fourth-order valence-electron chi connectivity index (χ4n) is 1.78. The van der Waals surface area contributed by atoms with E-state index < -0.39 is 0 Å². The molecule has 0 aromatic rings. The quantitative estimate of drug-likeness (QED) is 0.811. The van der Waals surface area contributed by atoms with Gasteiger partial charge in [-0.05, 0) is 33.0 Å². The zero-order valence-electron chi connectivity index (χ0n) is 12.2. The Hall–Kier alpha value is -0.410. The lowest BCUT2D eigenvalue weighted by Crippen LogP contribution is -2.36. The molecule has 1 aliphatic heterocycles. The minimum atomic E-state index is 0.815. The number of nitrogens with zero attached hydrogens (tertiary/aromatic N) is 1. The van der Waals surface area contributed by atoms with Crippen LogP contribution in [-0.4, -0.2) is 44.4 Å². The van der Waals surface area contributed by atoms with Crippen molar-refractivity contribution in [1.29, 1.82) is 0 Å². The molecule has 0 radical (unpaired) electrons. The third-order valence-corrected chi connectivity index (χ3v) is 2.35. The molecule has 3 heteroatoms. The van der Waals surface area contributed by atoms with Crippen LogP contribution in [0.5, 0.6) is 0 Å². The SMILES string of the molecule is C=O.CC.CC.CCN1CCCC1CNC. The molecular formula is C13H32N2O. The van der Waals surface area contributed by atoms with Gasteiger partial charge in [0.05, 0.1) is 0 Å². The Balaban J connectivity index is -0.000000245. The van der Waals surface area contributed by atoms with Crippen LogP contribution in [0, 0.1) is 0 Å². The van der Waals surface area contributed by atoms with Crippen LogP contribution >= 0.6 is 0 Å². The summed E-state index contributed by atoms with van der Waals surface area (Å²) in [6.07, 6.45) is 2.77. The Bertz CT molecular complexity index is 110. The highest BCUT2D eigenvalue weighted by Gasteiger charge is 2.21. The molecule has 0 aliphatic carbocycles. The number of hydrogen-bond donors (Lipinski definition) is 1. The first-order valence-electron chi connectivity index (χ1n) is 6.56. The molecule has 1 unspecified atom stereocenters. The van der Waals surface area contributed by atoms with Gasteiger partial charge >= 0.3 is 0 Å². The van der Waals surface area contributed by atoms with Gasteiger partial charge in [-0.1, -0.05) is 34.6 Å². The van der Waals surface area contributed by atoms with E-state index in [1.165, 1.54) is 25.9 Å². The van der Waals surface area contributed by atoms with Crippen molar-refractivity contribution in [2.75, 3.05) is 26.7 Å². The van der Waals surface area contributed by atoms with E-state index in [1.807, 2.05) is 41.5 Å². The smallest absolute Gasteiger partial charge is 0.106 e. The second kappa shape index (κ2) is 20.1. The van der Waals surface area contributed by atoms with Crippen LogP contribution in [0.25, 0.3) is 0 Å². The highest BCUT2D eigenvalue weighted by Crippen LogP contribution is 2.14. The summed E-state index contributed by atoms with van der Waals surface area (Å²) in [6, 6.07) is 0.815. The van der Waals surface area contributed by atoms with Gasteiger partial charge in [-0.15, -0.1) is 0 Å². The summed E-state index contributed by atoms with van der Waals surface area (Å²) in [4.78, 5) is 10.6. The second-order valence-corrected chi connectivity index (χ2v) is 2.98. The lowest BCUT2D eigenvalue weighted by molar-refractivity contribution is -0.0979. The van der Waals surface area contributed by atoms with E-state index in [0.29, 0.717) is 0 Å². The minimum Gasteiger partial charge on any atom is -0.318 e. The molecule has 0 spiro atoms. The lowest BCUT2D eigenvalue weighted by Gasteiger charge is -2.21. The summed E-state index contributed by atoms with van der Waals surface area (Å²) >= 11 is 0. The molecule has 1 atom stereocenters. The Morgan fingerprint density at radius 3 is 2.12 bits per heavy atom. The monoisotopic (exact) mass is 232 g/mol. The third kappa shape index (κ3) is 10.1. The first-order valence-corrected chi connectivity index (χ1v) is 6.56. The first-order chi connectivity index (χ1) is 7.88. The Labute approximate surface area is 103 Å². The van der Waals surface area contributed by atoms with Crippen LogP contribution in [0.4, 0.5) is 0 Å². The summed E-state index contributed by atoms with van der Waals surface area (Å²) < 4.78 is 0. The number of likely N-dealkylation sites (tertiary alicyclic amines) is 1. The zero-order valence-corrected chi connectivity index (χ0v) is 12.2. The van der Waals surface area contributed by atoms with Crippen LogP contribution in [0.3, 0.4) is 0 Å². The highest BCUT2D eigenvalue weighted by atomic mass is 16.1.